The van der Waals surface area contributed by atoms with Crippen LogP contribution in [0.4, 0.5) is 9.59 Å². The van der Waals surface area contributed by atoms with Crippen LogP contribution in [0.3, 0.4) is 0 Å². The number of benzene rings is 2. The van der Waals surface area contributed by atoms with Crippen molar-refractivity contribution < 1.29 is 101 Å². The molecule has 25 nitrogen and oxygen atoms in total. The lowest BCUT2D eigenvalue weighted by molar-refractivity contribution is -0.347. The number of carboxylic acid groups (broad SMARTS) is 2. The number of ether oxygens (including phenoxy) is 8. The number of Topliss-reactive ketones (excluding diaryl/α,β-unsaturated/α-hetero) is 1. The van der Waals surface area contributed by atoms with Crippen LogP contribution in [0.5, 0.6) is 0 Å². The number of aliphatic carboxylic acids is 2. The maximum Gasteiger partial charge on any atom is 0.408 e. The van der Waals surface area contributed by atoms with Gasteiger partial charge in [-0.3, -0.25) is 24.0 Å². The summed E-state index contributed by atoms with van der Waals surface area (Å²) in [5, 5.41) is 42.7. The molecule has 90 heavy (non-hydrogen) atoms. The largest absolute Gasteiger partial charge is 0.481 e. The lowest BCUT2D eigenvalue weighted by Crippen LogP contribution is -2.82. The Morgan fingerprint density at radius 2 is 1.50 bits per heavy atom. The Balaban J connectivity index is 1.22. The van der Waals surface area contributed by atoms with Crippen molar-refractivity contribution in [2.75, 3.05) is 38.9 Å². The predicted molar refractivity (Wildman–Crippen MR) is 327 cm³/mol. The first-order chi connectivity index (χ1) is 42.3. The molecule has 2 saturated carbocycles. The number of rotatable bonds is 29. The third-order valence-corrected chi connectivity index (χ3v) is 19.5. The number of carbonyl (C=O) groups is 10. The number of hydrogen-bond acceptors (Lipinski definition) is 21. The summed E-state index contributed by atoms with van der Waals surface area (Å²) in [6.07, 6.45) is -8.97. The number of hydrogen-bond donors (Lipinski definition) is 7. The van der Waals surface area contributed by atoms with E-state index >= 15 is 9.59 Å². The van der Waals surface area contributed by atoms with Crippen LogP contribution in [0.1, 0.15) is 142 Å². The first-order valence-corrected chi connectivity index (χ1v) is 32.4. The summed E-state index contributed by atoms with van der Waals surface area (Å²) in [5.41, 5.74) is -7.51. The number of alkyl carbamates (subject to hydrolysis) is 1. The van der Waals surface area contributed by atoms with Crippen LogP contribution in [-0.2, 0) is 71.5 Å². The summed E-state index contributed by atoms with van der Waals surface area (Å²) in [4.78, 5) is 134. The number of fused-ring (bicyclic) bond motifs is 5. The van der Waals surface area contributed by atoms with Gasteiger partial charge in [-0.2, -0.15) is 0 Å². The predicted octanol–water partition coefficient (Wildman–Crippen LogP) is 6.57. The highest BCUT2D eigenvalue weighted by molar-refractivity contribution is 8.76. The summed E-state index contributed by atoms with van der Waals surface area (Å²) in [5.74, 6) is -7.99. The number of carbonyl (C=O) groups excluding carboxylic acids is 8. The smallest absolute Gasteiger partial charge is 0.408 e. The minimum Gasteiger partial charge on any atom is -0.481 e. The molecule has 13 atom stereocenters. The topological polar surface area (TPSA) is 353 Å². The minimum absolute atomic E-state index is 0.0639. The second kappa shape index (κ2) is 31.0. The van der Waals surface area contributed by atoms with Crippen LogP contribution in [0.25, 0.3) is 0 Å². The van der Waals surface area contributed by atoms with Gasteiger partial charge in [-0.1, -0.05) is 84.0 Å². The highest BCUT2D eigenvalue weighted by atomic mass is 33.1. The molecule has 0 spiro atoms. The maximum absolute atomic E-state index is 15.9. The van der Waals surface area contributed by atoms with Gasteiger partial charge < -0.3 is 74.5 Å². The van der Waals surface area contributed by atoms with Gasteiger partial charge in [0.1, 0.15) is 47.7 Å². The second-order valence-electron chi connectivity index (χ2n) is 24.8. The van der Waals surface area contributed by atoms with E-state index in [1.807, 2.05) is 0 Å². The Morgan fingerprint density at radius 1 is 0.833 bits per heavy atom. The molecule has 1 aliphatic heterocycles. The molecule has 2 aromatic carbocycles. The number of unbranched alkanes of at least 4 members (excludes halogenated alkanes) is 1. The van der Waals surface area contributed by atoms with Crippen molar-refractivity contribution in [3.8, 4) is 0 Å². The van der Waals surface area contributed by atoms with Crippen LogP contribution in [0.15, 0.2) is 71.8 Å². The first-order valence-electron chi connectivity index (χ1n) is 29.9. The minimum atomic E-state index is -2.34. The van der Waals surface area contributed by atoms with Gasteiger partial charge in [-0.15, -0.1) is 0 Å². The lowest BCUT2D eigenvalue weighted by atomic mass is 9.44. The summed E-state index contributed by atoms with van der Waals surface area (Å²) >= 11 is 0. The fourth-order valence-corrected chi connectivity index (χ4v) is 14.6. The number of esters is 4. The summed E-state index contributed by atoms with van der Waals surface area (Å²) in [6.45, 7) is 14.5. The summed E-state index contributed by atoms with van der Waals surface area (Å²) < 4.78 is 49.4. The van der Waals surface area contributed by atoms with Gasteiger partial charge in [-0.05, 0) is 102 Å². The monoisotopic (exact) mass is 1300 g/mol. The number of methoxy groups -OCH3 is 2. The van der Waals surface area contributed by atoms with Gasteiger partial charge in [0.15, 0.2) is 11.4 Å². The lowest BCUT2D eigenvalue weighted by Gasteiger charge is -2.67. The molecule has 27 heteroatoms. The Labute approximate surface area is 531 Å². The van der Waals surface area contributed by atoms with Gasteiger partial charge in [-0.25, -0.2) is 24.0 Å². The molecular formula is C63H86N4O21S2. The average Bonchev–Trinajstić information content (AvgIpc) is 0.671. The third kappa shape index (κ3) is 17.0. The number of amides is 4. The van der Waals surface area contributed by atoms with E-state index in [-0.39, 0.29) is 66.7 Å². The Bertz CT molecular complexity index is 2960. The van der Waals surface area contributed by atoms with Gasteiger partial charge in [0.05, 0.1) is 35.4 Å². The van der Waals surface area contributed by atoms with E-state index in [9.17, 15) is 48.6 Å². The maximum atomic E-state index is 15.9. The van der Waals surface area contributed by atoms with Crippen molar-refractivity contribution >= 4 is 81.2 Å². The summed E-state index contributed by atoms with van der Waals surface area (Å²) in [7, 11) is 5.30. The molecule has 1 saturated heterocycles. The molecule has 2 aromatic rings. The molecule has 496 valence electrons. The number of urea groups is 1. The molecular weight excluding hydrogens is 1210 g/mol. The normalized spacial score (nSPS) is 26.3. The molecule has 3 aliphatic carbocycles. The van der Waals surface area contributed by atoms with Gasteiger partial charge in [0.2, 0.25) is 12.0 Å². The van der Waals surface area contributed by atoms with E-state index in [1.165, 1.54) is 54.9 Å². The van der Waals surface area contributed by atoms with Crippen LogP contribution >= 0.6 is 21.6 Å². The molecule has 1 heterocycles. The van der Waals surface area contributed by atoms with Crippen LogP contribution in [0, 0.1) is 16.7 Å². The van der Waals surface area contributed by atoms with E-state index < -0.39 is 149 Å². The molecule has 0 aromatic heterocycles. The highest BCUT2D eigenvalue weighted by Gasteiger charge is 2.78. The number of ketones is 1. The molecule has 0 radical (unpaired) electrons. The zero-order chi connectivity index (χ0) is 66.5. The zero-order valence-corrected chi connectivity index (χ0v) is 54.4. The molecule has 4 amide bonds. The first kappa shape index (κ1) is 72.3. The van der Waals surface area contributed by atoms with Crippen molar-refractivity contribution in [1.29, 1.82) is 0 Å². The van der Waals surface area contributed by atoms with Crippen molar-refractivity contribution in [3.05, 3.63) is 82.9 Å². The van der Waals surface area contributed by atoms with Crippen molar-refractivity contribution in [2.24, 2.45) is 16.7 Å². The molecule has 7 N–H and O–H groups in total. The molecule has 3 fully saturated rings. The molecule has 0 unspecified atom stereocenters. The SMILES string of the molecule is CO[C@H]1C(=O)[C@]2(C)[C@@H](OC)C[C@H]3OC[C@@]3(OC(C)=O)[C@H]2[C@H](OC(=O)c2ccccc2)[C@]2(O)C[C@H](OC(=O)[C@H](OC(=O)CCCSSCC(=O)NCCCC[C@@H](C)NC(=O)N[C@@H](CCC(=O)O)C(=O)O)[C@@H](NC(=O)OC(C)(C)C)c3ccccc3)C(C)=C1C2(C)C. The van der Waals surface area contributed by atoms with Crippen molar-refractivity contribution in [2.45, 2.75) is 192 Å². The van der Waals surface area contributed by atoms with E-state index in [2.05, 4.69) is 21.3 Å². The van der Waals surface area contributed by atoms with E-state index in [0.29, 0.717) is 37.1 Å². The quantitative estimate of drug-likeness (QED) is 0.0149. The standard InChI is InChI=1S/C63H86N4O21S2/c1-35(65-57(78)66-40(54(74)75)27-28-45(70)71)21-18-19-29-64-44(69)33-90-89-30-20-26-46(72)85-50(48(38-22-14-12-15-23-38)67-58(79)88-59(4,5)6)56(77)84-41-32-63(80)53(86-55(76)39-24-16-13-17-25-39)51-61(9,52(73)49(82-11)47(36(41)2)60(63,7)8)42(81-10)31-43-62(51,34-83-43)87-37(3)68/h12-17,22-25,35,40-43,48-51,53,80H,18-21,26-34H2,1-11H3,(H,64,69)(H,67,79)(H,70,71)(H,74,75)(H2,65,66,78)/t35-,40+,41+,42+,43-,48+,49-,50-,51+,53+,61-,62+,63-/m1/s1. The Kier molecular flexibility index (Phi) is 24.9. The van der Waals surface area contributed by atoms with E-state index in [4.69, 9.17) is 43.0 Å². The van der Waals surface area contributed by atoms with Gasteiger partial charge in [0, 0.05) is 70.6 Å². The molecule has 6 rings (SSSR count). The Hall–Kier alpha value is -6.78. The third-order valence-electron chi connectivity index (χ3n) is 17.2. The van der Waals surface area contributed by atoms with Crippen molar-refractivity contribution in [3.63, 3.8) is 0 Å². The number of aliphatic hydroxyl groups is 1. The van der Waals surface area contributed by atoms with E-state index in [0.717, 1.165) is 0 Å². The number of nitrogens with one attached hydrogen (secondary N) is 4. The van der Waals surface area contributed by atoms with Crippen LogP contribution in [0.2, 0.25) is 0 Å². The van der Waals surface area contributed by atoms with Crippen LogP contribution < -0.4 is 21.3 Å². The zero-order valence-electron chi connectivity index (χ0n) is 52.7. The molecule has 4 aliphatic rings. The molecule has 2 bridgehead atoms. The fraction of sp³-hybridized carbons (Fsp3) is 0.619. The van der Waals surface area contributed by atoms with Crippen molar-refractivity contribution in [1.82, 2.24) is 21.3 Å². The highest BCUT2D eigenvalue weighted by Crippen LogP contribution is 2.65. The fourth-order valence-electron chi connectivity index (χ4n) is 12.7. The van der Waals surface area contributed by atoms with Gasteiger partial charge >= 0.3 is 47.9 Å². The Morgan fingerprint density at radius 3 is 2.09 bits per heavy atom. The number of carboxylic acids is 2. The van der Waals surface area contributed by atoms with Gasteiger partial charge in [0.25, 0.3) is 0 Å². The van der Waals surface area contributed by atoms with E-state index in [1.54, 1.807) is 104 Å². The second-order valence-corrected chi connectivity index (χ2v) is 27.4. The average molecular weight is 1300 g/mol. The summed E-state index contributed by atoms with van der Waals surface area (Å²) in [6, 6.07) is 12.3. The van der Waals surface area contributed by atoms with Crippen LogP contribution in [-0.4, -0.2) is 179 Å².